The highest BCUT2D eigenvalue weighted by atomic mass is 16.1. The molecule has 4 heteroatoms. The SMILES string of the molecule is C/C=C(\C)C1(CC(=N)N(CC=O)CCN(C)C(C)C)CCCCC1. The summed E-state index contributed by atoms with van der Waals surface area (Å²) in [7, 11) is 2.10. The number of nitrogens with zero attached hydrogens (tertiary/aromatic N) is 2. The fraction of sp³-hybridized carbons (Fsp3) is 0.800. The van der Waals surface area contributed by atoms with Crippen molar-refractivity contribution < 1.29 is 4.79 Å². The summed E-state index contributed by atoms with van der Waals surface area (Å²) in [5, 5.41) is 8.65. The fourth-order valence-electron chi connectivity index (χ4n) is 3.64. The zero-order valence-corrected chi connectivity index (χ0v) is 16.4. The summed E-state index contributed by atoms with van der Waals surface area (Å²) in [5.74, 6) is 0.627. The Morgan fingerprint density at radius 1 is 1.21 bits per heavy atom. The first-order chi connectivity index (χ1) is 11.4. The Labute approximate surface area is 148 Å². The van der Waals surface area contributed by atoms with Gasteiger partial charge in [0.05, 0.1) is 12.4 Å². The number of carbonyl (C=O) groups excluding carboxylic acids is 1. The number of rotatable bonds is 9. The lowest BCUT2D eigenvalue weighted by Crippen LogP contribution is -2.42. The highest BCUT2D eigenvalue weighted by Gasteiger charge is 2.35. The van der Waals surface area contributed by atoms with Gasteiger partial charge in [0.25, 0.3) is 0 Å². The van der Waals surface area contributed by atoms with Crippen LogP contribution in [0.5, 0.6) is 0 Å². The van der Waals surface area contributed by atoms with E-state index >= 15 is 0 Å². The van der Waals surface area contributed by atoms with Crippen LogP contribution < -0.4 is 0 Å². The van der Waals surface area contributed by atoms with E-state index in [1.54, 1.807) is 0 Å². The minimum Gasteiger partial charge on any atom is -0.352 e. The molecule has 138 valence electrons. The summed E-state index contributed by atoms with van der Waals surface area (Å²) in [6.07, 6.45) is 10.1. The van der Waals surface area contributed by atoms with E-state index < -0.39 is 0 Å². The first-order valence-electron chi connectivity index (χ1n) is 9.46. The van der Waals surface area contributed by atoms with E-state index in [0.29, 0.717) is 18.4 Å². The summed E-state index contributed by atoms with van der Waals surface area (Å²) in [4.78, 5) is 15.3. The van der Waals surface area contributed by atoms with E-state index in [1.807, 2.05) is 4.90 Å². The number of aldehydes is 1. The molecule has 1 aliphatic carbocycles. The van der Waals surface area contributed by atoms with E-state index in [2.05, 4.69) is 45.7 Å². The van der Waals surface area contributed by atoms with Crippen LogP contribution in [0.15, 0.2) is 11.6 Å². The summed E-state index contributed by atoms with van der Waals surface area (Å²) < 4.78 is 0. The summed E-state index contributed by atoms with van der Waals surface area (Å²) in [5.41, 5.74) is 1.55. The first-order valence-corrected chi connectivity index (χ1v) is 9.46. The Morgan fingerprint density at radius 2 is 1.83 bits per heavy atom. The lowest BCUT2D eigenvalue weighted by atomic mass is 9.67. The van der Waals surface area contributed by atoms with Crippen LogP contribution in [-0.2, 0) is 4.79 Å². The van der Waals surface area contributed by atoms with Gasteiger partial charge in [-0.1, -0.05) is 30.9 Å². The van der Waals surface area contributed by atoms with Gasteiger partial charge in [0.15, 0.2) is 0 Å². The Morgan fingerprint density at radius 3 is 2.33 bits per heavy atom. The standard InChI is InChI=1S/C20H37N3O/c1-6-18(4)20(10-8-7-9-11-20)16-19(21)23(14-15-24)13-12-22(5)17(2)3/h6,15,17,21H,7-14,16H2,1-5H3/b18-6+,21-19?. The molecule has 1 N–H and O–H groups in total. The van der Waals surface area contributed by atoms with E-state index in [9.17, 15) is 4.79 Å². The van der Waals surface area contributed by atoms with Crippen molar-refractivity contribution in [2.24, 2.45) is 5.41 Å². The second-order valence-corrected chi connectivity index (χ2v) is 7.62. The van der Waals surface area contributed by atoms with E-state index in [1.165, 1.54) is 37.7 Å². The smallest absolute Gasteiger partial charge is 0.139 e. The van der Waals surface area contributed by atoms with Gasteiger partial charge in [-0.3, -0.25) is 5.41 Å². The Balaban J connectivity index is 2.79. The number of hydrogen-bond acceptors (Lipinski definition) is 3. The van der Waals surface area contributed by atoms with Crippen LogP contribution in [0.3, 0.4) is 0 Å². The molecule has 0 atom stereocenters. The first kappa shape index (κ1) is 20.9. The summed E-state index contributed by atoms with van der Waals surface area (Å²) >= 11 is 0. The number of nitrogens with one attached hydrogen (secondary N) is 1. The van der Waals surface area contributed by atoms with Crippen LogP contribution in [0.25, 0.3) is 0 Å². The Hall–Kier alpha value is -1.16. The summed E-state index contributed by atoms with van der Waals surface area (Å²) in [6, 6.07) is 0.479. The van der Waals surface area contributed by atoms with Crippen LogP contribution in [0.2, 0.25) is 0 Å². The van der Waals surface area contributed by atoms with Gasteiger partial charge in [-0.05, 0) is 53.0 Å². The molecule has 0 radical (unpaired) electrons. The second-order valence-electron chi connectivity index (χ2n) is 7.62. The molecule has 1 aliphatic rings. The van der Waals surface area contributed by atoms with Gasteiger partial charge in [0.1, 0.15) is 6.29 Å². The van der Waals surface area contributed by atoms with Crippen molar-refractivity contribution in [1.82, 2.24) is 9.80 Å². The predicted molar refractivity (Wildman–Crippen MR) is 103 cm³/mol. The van der Waals surface area contributed by atoms with Crippen LogP contribution >= 0.6 is 0 Å². The van der Waals surface area contributed by atoms with Gasteiger partial charge < -0.3 is 14.6 Å². The molecule has 0 saturated heterocycles. The molecular weight excluding hydrogens is 298 g/mol. The highest BCUT2D eigenvalue weighted by Crippen LogP contribution is 2.45. The molecule has 0 aromatic heterocycles. The van der Waals surface area contributed by atoms with Crippen LogP contribution in [0.4, 0.5) is 0 Å². The molecule has 0 bridgehead atoms. The molecule has 4 nitrogen and oxygen atoms in total. The lowest BCUT2D eigenvalue weighted by Gasteiger charge is -2.40. The largest absolute Gasteiger partial charge is 0.352 e. The molecule has 1 saturated carbocycles. The molecule has 1 fully saturated rings. The maximum Gasteiger partial charge on any atom is 0.139 e. The predicted octanol–water partition coefficient (Wildman–Crippen LogP) is 4.11. The van der Waals surface area contributed by atoms with Crippen molar-refractivity contribution in [3.05, 3.63) is 11.6 Å². The van der Waals surface area contributed by atoms with Gasteiger partial charge in [0, 0.05) is 25.6 Å². The maximum absolute atomic E-state index is 11.1. The van der Waals surface area contributed by atoms with Crippen molar-refractivity contribution in [2.75, 3.05) is 26.7 Å². The molecular formula is C20H37N3O. The number of likely N-dealkylation sites (N-methyl/N-ethyl adjacent to an activating group) is 1. The molecule has 0 aliphatic heterocycles. The van der Waals surface area contributed by atoms with Crippen LogP contribution in [-0.4, -0.2) is 54.6 Å². The van der Waals surface area contributed by atoms with Gasteiger partial charge in [-0.15, -0.1) is 0 Å². The van der Waals surface area contributed by atoms with Crippen molar-refractivity contribution in [2.45, 2.75) is 72.3 Å². The molecule has 0 unspecified atom stereocenters. The Kier molecular flexibility index (Phi) is 8.68. The zero-order chi connectivity index (χ0) is 18.2. The monoisotopic (exact) mass is 335 g/mol. The quantitative estimate of drug-likeness (QED) is 0.298. The highest BCUT2D eigenvalue weighted by molar-refractivity contribution is 5.82. The minimum absolute atomic E-state index is 0.134. The van der Waals surface area contributed by atoms with Crippen LogP contribution in [0.1, 0.15) is 66.2 Å². The molecule has 0 amide bonds. The molecule has 0 spiro atoms. The second kappa shape index (κ2) is 9.97. The third kappa shape index (κ3) is 5.73. The van der Waals surface area contributed by atoms with Gasteiger partial charge >= 0.3 is 0 Å². The van der Waals surface area contributed by atoms with E-state index in [-0.39, 0.29) is 5.41 Å². The minimum atomic E-state index is 0.134. The molecule has 0 heterocycles. The van der Waals surface area contributed by atoms with Crippen molar-refractivity contribution in [3.63, 3.8) is 0 Å². The van der Waals surface area contributed by atoms with E-state index in [0.717, 1.165) is 25.8 Å². The van der Waals surface area contributed by atoms with Crippen molar-refractivity contribution >= 4 is 12.1 Å². The molecule has 24 heavy (non-hydrogen) atoms. The fourth-order valence-corrected chi connectivity index (χ4v) is 3.64. The number of carbonyl (C=O) groups is 1. The van der Waals surface area contributed by atoms with Gasteiger partial charge in [-0.2, -0.15) is 0 Å². The maximum atomic E-state index is 11.1. The number of amidine groups is 1. The van der Waals surface area contributed by atoms with Crippen molar-refractivity contribution in [1.29, 1.82) is 5.41 Å². The number of hydrogen-bond donors (Lipinski definition) is 1. The van der Waals surface area contributed by atoms with Gasteiger partial charge in [-0.25, -0.2) is 0 Å². The molecule has 0 aromatic rings. The topological polar surface area (TPSA) is 47.4 Å². The zero-order valence-electron chi connectivity index (χ0n) is 16.4. The number of allylic oxidation sites excluding steroid dienone is 2. The van der Waals surface area contributed by atoms with Crippen molar-refractivity contribution in [3.8, 4) is 0 Å². The average molecular weight is 336 g/mol. The van der Waals surface area contributed by atoms with E-state index in [4.69, 9.17) is 5.41 Å². The van der Waals surface area contributed by atoms with Gasteiger partial charge in [0.2, 0.25) is 0 Å². The summed E-state index contributed by atoms with van der Waals surface area (Å²) in [6.45, 7) is 10.6. The average Bonchev–Trinajstić information content (AvgIpc) is 2.57. The third-order valence-corrected chi connectivity index (χ3v) is 5.87. The lowest BCUT2D eigenvalue weighted by molar-refractivity contribution is -0.108. The Bertz CT molecular complexity index is 436. The normalized spacial score (nSPS) is 18.0. The molecule has 0 aromatic carbocycles. The molecule has 1 rings (SSSR count). The third-order valence-electron chi connectivity index (χ3n) is 5.87. The van der Waals surface area contributed by atoms with Crippen LogP contribution in [0, 0.1) is 10.8 Å².